The monoisotopic (exact) mass is 302 g/mol. The van der Waals surface area contributed by atoms with Gasteiger partial charge in [-0.15, -0.1) is 0 Å². The zero-order valence-corrected chi connectivity index (χ0v) is 7.74. The Bertz CT molecular complexity index is 208. The second-order valence-corrected chi connectivity index (χ2v) is 2.69. The molecule has 0 aliphatic carbocycles. The fourth-order valence-electron chi connectivity index (χ4n) is 0. The minimum absolute atomic E-state index is 0. The Morgan fingerprint density at radius 1 is 0.636 bits per heavy atom. The Balaban J connectivity index is -0.000000107. The van der Waals surface area contributed by atoms with Crippen LogP contribution in [0.5, 0.6) is 0 Å². The van der Waals surface area contributed by atoms with E-state index in [-0.39, 0.29) is 20.4 Å². The molecule has 0 saturated heterocycles. The molecule has 0 atom stereocenters. The molecule has 0 aromatic carbocycles. The van der Waals surface area contributed by atoms with Crippen molar-refractivity contribution in [3.63, 3.8) is 0 Å². The Hall–Kier alpha value is 0.402. The average Bonchev–Trinajstić information content (AvgIpc) is 1.12. The summed E-state index contributed by atoms with van der Waals surface area (Å²) in [6, 6.07) is 0. The number of rotatable bonds is 0. The summed E-state index contributed by atoms with van der Waals surface area (Å²) in [7, 11) is -9.33. The molecule has 0 aliphatic rings. The minimum atomic E-state index is -4.67. The zero-order valence-electron chi connectivity index (χ0n) is 4.55. The van der Waals surface area contributed by atoms with Crippen molar-refractivity contribution in [1.29, 1.82) is 0 Å². The number of hydrogen-bond donors (Lipinski definition) is 4. The molecule has 0 bridgehead atoms. The summed E-state index contributed by atoms with van der Waals surface area (Å²) < 4.78 is 63.2. The van der Waals surface area contributed by atoms with Crippen LogP contribution in [0.15, 0.2) is 0 Å². The van der Waals surface area contributed by atoms with Crippen LogP contribution in [-0.2, 0) is 41.2 Å². The van der Waals surface area contributed by atoms with Gasteiger partial charge >= 0.3 is 20.8 Å². The smallest absolute Gasteiger partial charge is 0.264 e. The van der Waals surface area contributed by atoms with Gasteiger partial charge in [-0.3, -0.25) is 18.2 Å². The van der Waals surface area contributed by atoms with E-state index in [9.17, 15) is 0 Å². The van der Waals surface area contributed by atoms with Crippen LogP contribution in [0.4, 0.5) is 0 Å². The van der Waals surface area contributed by atoms with Crippen molar-refractivity contribution in [2.45, 2.75) is 0 Å². The molecule has 8 nitrogen and oxygen atoms in total. The summed E-state index contributed by atoms with van der Waals surface area (Å²) in [6.07, 6.45) is 0. The summed E-state index contributed by atoms with van der Waals surface area (Å²) in [5, 5.41) is 0. The molecule has 0 saturated carbocycles. The first-order valence-corrected chi connectivity index (χ1v) is 4.19. The third-order valence-corrected chi connectivity index (χ3v) is 0. The van der Waals surface area contributed by atoms with Crippen LogP contribution >= 0.6 is 0 Å². The zero-order chi connectivity index (χ0) is 9.00. The second-order valence-electron chi connectivity index (χ2n) is 0.896. The summed E-state index contributed by atoms with van der Waals surface area (Å²) in [5.41, 5.74) is 0. The van der Waals surface area contributed by atoms with Crippen molar-refractivity contribution >= 4 is 20.8 Å². The van der Waals surface area contributed by atoms with Gasteiger partial charge in [0, 0.05) is 20.4 Å². The van der Waals surface area contributed by atoms with Crippen molar-refractivity contribution in [3.05, 3.63) is 0 Å². The molecule has 4 N–H and O–H groups in total. The van der Waals surface area contributed by atoms with Gasteiger partial charge in [0.25, 0.3) is 0 Å². The minimum Gasteiger partial charge on any atom is -0.264 e. The number of hydrogen-bond acceptors (Lipinski definition) is 4. The third-order valence-electron chi connectivity index (χ3n) is 0. The van der Waals surface area contributed by atoms with E-state index < -0.39 is 20.8 Å². The van der Waals surface area contributed by atoms with Gasteiger partial charge in [-0.05, 0) is 0 Å². The first-order chi connectivity index (χ1) is 4.00. The molecule has 0 heterocycles. The van der Waals surface area contributed by atoms with Crippen LogP contribution in [0.1, 0.15) is 0 Å². The molecular weight excluding hydrogens is 299 g/mol. The van der Waals surface area contributed by atoms with Crippen LogP contribution in [-0.4, -0.2) is 35.0 Å². The van der Waals surface area contributed by atoms with Crippen molar-refractivity contribution in [2.75, 3.05) is 0 Å². The summed E-state index contributed by atoms with van der Waals surface area (Å²) in [4.78, 5) is 0. The van der Waals surface area contributed by atoms with Crippen LogP contribution in [0.2, 0.25) is 0 Å². The van der Waals surface area contributed by atoms with E-state index in [0.29, 0.717) is 0 Å². The molecule has 0 unspecified atom stereocenters. The predicted octanol–water partition coefficient (Wildman–Crippen LogP) is -1.31. The van der Waals surface area contributed by atoms with Crippen LogP contribution in [0.3, 0.4) is 0 Å². The Morgan fingerprint density at radius 3 is 0.636 bits per heavy atom. The molecule has 0 aromatic rings. The van der Waals surface area contributed by atoms with E-state index in [0.717, 1.165) is 0 Å². The van der Waals surface area contributed by atoms with Gasteiger partial charge in [0.1, 0.15) is 0 Å². The van der Waals surface area contributed by atoms with E-state index in [4.69, 9.17) is 35.0 Å². The van der Waals surface area contributed by atoms with Crippen molar-refractivity contribution in [3.8, 4) is 0 Å². The van der Waals surface area contributed by atoms with E-state index in [1.165, 1.54) is 0 Å². The normalized spacial score (nSPS) is 10.5. The SMILES string of the molecule is O=S(=O)(O)O.O=S(=O)(O)O.[Pd]. The van der Waals surface area contributed by atoms with E-state index in [1.54, 1.807) is 0 Å². The van der Waals surface area contributed by atoms with Crippen LogP contribution in [0.25, 0.3) is 0 Å². The molecular formula is H4O8PdS2. The fraction of sp³-hybridized carbons (Fsp3) is 0. The maximum atomic E-state index is 8.74. The first kappa shape index (κ1) is 17.5. The Kier molecular flexibility index (Phi) is 9.50. The third kappa shape index (κ3) is 4540. The van der Waals surface area contributed by atoms with Gasteiger partial charge in [-0.25, -0.2) is 0 Å². The summed E-state index contributed by atoms with van der Waals surface area (Å²) in [6.45, 7) is 0. The molecule has 0 amide bonds. The first-order valence-electron chi connectivity index (χ1n) is 1.40. The maximum absolute atomic E-state index is 8.74. The van der Waals surface area contributed by atoms with Gasteiger partial charge in [0.2, 0.25) is 0 Å². The van der Waals surface area contributed by atoms with Gasteiger partial charge in [-0.1, -0.05) is 0 Å². The van der Waals surface area contributed by atoms with Gasteiger partial charge in [0.05, 0.1) is 0 Å². The van der Waals surface area contributed by atoms with E-state index in [1.807, 2.05) is 0 Å². The fourth-order valence-corrected chi connectivity index (χ4v) is 0. The summed E-state index contributed by atoms with van der Waals surface area (Å²) in [5.74, 6) is 0. The van der Waals surface area contributed by atoms with Gasteiger partial charge < -0.3 is 0 Å². The van der Waals surface area contributed by atoms with Crippen molar-refractivity contribution in [1.82, 2.24) is 0 Å². The topological polar surface area (TPSA) is 149 Å². The summed E-state index contributed by atoms with van der Waals surface area (Å²) >= 11 is 0. The van der Waals surface area contributed by atoms with E-state index >= 15 is 0 Å². The maximum Gasteiger partial charge on any atom is 0.394 e. The van der Waals surface area contributed by atoms with Crippen LogP contribution in [0, 0.1) is 0 Å². The molecule has 74 valence electrons. The second kappa shape index (κ2) is 5.98. The van der Waals surface area contributed by atoms with Crippen molar-refractivity contribution in [2.24, 2.45) is 0 Å². The van der Waals surface area contributed by atoms with E-state index in [2.05, 4.69) is 0 Å². The van der Waals surface area contributed by atoms with Crippen molar-refractivity contribution < 1.29 is 55.5 Å². The standard InChI is InChI=1S/2H2O4S.Pd/c2*1-5(2,3)4;/h2*(H2,1,2,3,4);. The van der Waals surface area contributed by atoms with Crippen LogP contribution < -0.4 is 0 Å². The molecule has 0 spiro atoms. The Labute approximate surface area is 76.4 Å². The average molecular weight is 303 g/mol. The predicted molar refractivity (Wildman–Crippen MR) is 28.4 cm³/mol. The Morgan fingerprint density at radius 2 is 0.636 bits per heavy atom. The van der Waals surface area contributed by atoms with Gasteiger partial charge in [-0.2, -0.15) is 16.8 Å². The molecule has 11 heteroatoms. The molecule has 0 rings (SSSR count). The molecule has 0 fully saturated rings. The molecule has 0 aliphatic heterocycles. The molecule has 0 radical (unpaired) electrons. The van der Waals surface area contributed by atoms with Gasteiger partial charge in [0.15, 0.2) is 0 Å². The molecule has 11 heavy (non-hydrogen) atoms. The largest absolute Gasteiger partial charge is 0.394 e. The quantitative estimate of drug-likeness (QED) is 0.318. The molecule has 0 aromatic heterocycles.